The van der Waals surface area contributed by atoms with E-state index in [0.29, 0.717) is 6.04 Å². The summed E-state index contributed by atoms with van der Waals surface area (Å²) >= 11 is 5.99. The summed E-state index contributed by atoms with van der Waals surface area (Å²) in [7, 11) is 0. The summed E-state index contributed by atoms with van der Waals surface area (Å²) in [6.07, 6.45) is 8.57. The molecule has 0 amide bonds. The molecule has 1 atom stereocenters. The van der Waals surface area contributed by atoms with Crippen molar-refractivity contribution >= 4 is 11.6 Å². The monoisotopic (exact) mass is 513 g/mol. The van der Waals surface area contributed by atoms with E-state index in [1.807, 2.05) is 54.7 Å². The molecule has 0 spiro atoms. The summed E-state index contributed by atoms with van der Waals surface area (Å²) in [5.74, 6) is 7.38. The van der Waals surface area contributed by atoms with E-state index in [0.717, 1.165) is 51.9 Å². The number of nitrogens with zero attached hydrogens (tertiary/aromatic N) is 3. The van der Waals surface area contributed by atoms with Crippen molar-refractivity contribution in [1.82, 2.24) is 14.8 Å². The Kier molecular flexibility index (Phi) is 8.79. The Hall–Kier alpha value is -2.84. The van der Waals surface area contributed by atoms with Crippen molar-refractivity contribution in [3.8, 4) is 28.7 Å². The van der Waals surface area contributed by atoms with Gasteiger partial charge in [0.1, 0.15) is 18.1 Å². The number of ether oxygens (including phenoxy) is 1. The average molecular weight is 514 g/mol. The average Bonchev–Trinajstić information content (AvgIpc) is 3.43. The van der Waals surface area contributed by atoms with Crippen LogP contribution in [0.25, 0.3) is 11.1 Å². The van der Waals surface area contributed by atoms with Gasteiger partial charge >= 0.3 is 0 Å². The molecule has 5 heteroatoms. The summed E-state index contributed by atoms with van der Waals surface area (Å²) in [4.78, 5) is 9.82. The van der Waals surface area contributed by atoms with E-state index < -0.39 is 0 Å². The number of likely N-dealkylation sites (tertiary alicyclic amines) is 2. The fourth-order valence-corrected chi connectivity index (χ4v) is 5.53. The number of rotatable bonds is 7. The normalized spacial score (nSPS) is 18.4. The summed E-state index contributed by atoms with van der Waals surface area (Å²) in [5.41, 5.74) is 4.97. The lowest BCUT2D eigenvalue weighted by Gasteiger charge is -2.37. The van der Waals surface area contributed by atoms with Gasteiger partial charge in [-0.1, -0.05) is 42.1 Å². The highest BCUT2D eigenvalue weighted by molar-refractivity contribution is 6.30. The third-order valence-corrected chi connectivity index (χ3v) is 7.76. The van der Waals surface area contributed by atoms with Crippen molar-refractivity contribution in [2.24, 2.45) is 0 Å². The van der Waals surface area contributed by atoms with Crippen LogP contribution in [0.5, 0.6) is 5.75 Å². The Labute approximate surface area is 226 Å². The zero-order valence-corrected chi connectivity index (χ0v) is 22.5. The topological polar surface area (TPSA) is 28.6 Å². The number of hydrogen-bond donors (Lipinski definition) is 0. The maximum absolute atomic E-state index is 6.21. The maximum atomic E-state index is 6.21. The van der Waals surface area contributed by atoms with Gasteiger partial charge in [-0.05, 0) is 106 Å². The van der Waals surface area contributed by atoms with E-state index >= 15 is 0 Å². The number of piperidine rings is 1. The molecule has 3 aromatic rings. The number of hydrogen-bond acceptors (Lipinski definition) is 4. The van der Waals surface area contributed by atoms with Crippen LogP contribution in [-0.2, 0) is 0 Å². The van der Waals surface area contributed by atoms with Gasteiger partial charge in [0.15, 0.2) is 0 Å². The first-order valence-electron chi connectivity index (χ1n) is 13.6. The highest BCUT2D eigenvalue weighted by atomic mass is 35.5. The smallest absolute Gasteiger partial charge is 0.122 e. The molecule has 2 aliphatic heterocycles. The number of pyridine rings is 1. The van der Waals surface area contributed by atoms with Crippen LogP contribution in [0.3, 0.4) is 0 Å². The third-order valence-electron chi connectivity index (χ3n) is 7.50. The van der Waals surface area contributed by atoms with Crippen LogP contribution in [0, 0.1) is 18.8 Å². The van der Waals surface area contributed by atoms with Crippen molar-refractivity contribution in [3.05, 3.63) is 82.6 Å². The first-order chi connectivity index (χ1) is 18.1. The van der Waals surface area contributed by atoms with Gasteiger partial charge in [-0.3, -0.25) is 4.90 Å². The Balaban J connectivity index is 1.14. The van der Waals surface area contributed by atoms with Crippen LogP contribution in [-0.4, -0.2) is 60.2 Å². The second kappa shape index (κ2) is 12.6. The Morgan fingerprint density at radius 1 is 0.919 bits per heavy atom. The largest absolute Gasteiger partial charge is 0.492 e. The standard InChI is InChI=1S/C32H36ClN3O/c1-25-22-26(7-14-30-15-11-28(23-34-30)27-9-12-29(33)13-10-27)8-16-32(25)37-21-20-36-19-3-2-6-31(36)24-35-17-4-5-18-35/h8-13,15-16,22-23,31H,2-6,17-21,24H2,1H3. The molecule has 2 fully saturated rings. The third kappa shape index (κ3) is 7.14. The lowest BCUT2D eigenvalue weighted by molar-refractivity contribution is 0.0963. The molecule has 5 rings (SSSR count). The minimum atomic E-state index is 0.683. The van der Waals surface area contributed by atoms with Crippen LogP contribution < -0.4 is 4.74 Å². The molecule has 0 bridgehead atoms. The van der Waals surface area contributed by atoms with Crippen LogP contribution in [0.4, 0.5) is 0 Å². The van der Waals surface area contributed by atoms with Crippen molar-refractivity contribution < 1.29 is 4.74 Å². The fraction of sp³-hybridized carbons (Fsp3) is 0.406. The molecule has 1 unspecified atom stereocenters. The van der Waals surface area contributed by atoms with E-state index in [1.54, 1.807) is 0 Å². The summed E-state index contributed by atoms with van der Waals surface area (Å²) in [5, 5.41) is 0.731. The molecule has 0 radical (unpaired) electrons. The first-order valence-corrected chi connectivity index (χ1v) is 14.0. The van der Waals surface area contributed by atoms with Gasteiger partial charge in [-0.2, -0.15) is 0 Å². The molecule has 2 aliphatic rings. The molecule has 192 valence electrons. The Morgan fingerprint density at radius 3 is 2.46 bits per heavy atom. The van der Waals surface area contributed by atoms with Crippen molar-refractivity contribution in [2.75, 3.05) is 39.3 Å². The number of benzene rings is 2. The van der Waals surface area contributed by atoms with Gasteiger partial charge in [0.2, 0.25) is 0 Å². The predicted octanol–water partition coefficient (Wildman–Crippen LogP) is 6.44. The van der Waals surface area contributed by atoms with E-state index in [2.05, 4.69) is 39.6 Å². The molecule has 2 saturated heterocycles. The van der Waals surface area contributed by atoms with Gasteiger partial charge in [0.05, 0.1) is 0 Å². The number of halogens is 1. The summed E-state index contributed by atoms with van der Waals surface area (Å²) < 4.78 is 6.21. The molecule has 37 heavy (non-hydrogen) atoms. The molecule has 0 aliphatic carbocycles. The van der Waals surface area contributed by atoms with E-state index in [-0.39, 0.29) is 0 Å². The van der Waals surface area contributed by atoms with Crippen molar-refractivity contribution in [3.63, 3.8) is 0 Å². The fourth-order valence-electron chi connectivity index (χ4n) is 5.40. The van der Waals surface area contributed by atoms with Gasteiger partial charge < -0.3 is 9.64 Å². The van der Waals surface area contributed by atoms with Gasteiger partial charge in [-0.25, -0.2) is 4.98 Å². The van der Waals surface area contributed by atoms with E-state index in [9.17, 15) is 0 Å². The SMILES string of the molecule is Cc1cc(C#Cc2ccc(-c3ccc(Cl)cc3)cn2)ccc1OCCN1CCCCC1CN1CCCC1. The molecule has 0 saturated carbocycles. The minimum absolute atomic E-state index is 0.683. The van der Waals surface area contributed by atoms with Crippen LogP contribution in [0.1, 0.15) is 48.9 Å². The highest BCUT2D eigenvalue weighted by Gasteiger charge is 2.25. The van der Waals surface area contributed by atoms with Gasteiger partial charge in [0.25, 0.3) is 0 Å². The lowest BCUT2D eigenvalue weighted by Crippen LogP contribution is -2.47. The van der Waals surface area contributed by atoms with Crippen molar-refractivity contribution in [2.45, 2.75) is 45.1 Å². The Bertz CT molecular complexity index is 1220. The molecular weight excluding hydrogens is 478 g/mol. The molecule has 1 aromatic heterocycles. The number of aromatic nitrogens is 1. The minimum Gasteiger partial charge on any atom is -0.492 e. The number of aryl methyl sites for hydroxylation is 1. The second-order valence-corrected chi connectivity index (χ2v) is 10.6. The molecule has 3 heterocycles. The molecule has 0 N–H and O–H groups in total. The summed E-state index contributed by atoms with van der Waals surface area (Å²) in [6, 6.07) is 18.6. The molecular formula is C32H36ClN3O. The lowest BCUT2D eigenvalue weighted by atomic mass is 10.0. The Morgan fingerprint density at radius 2 is 1.70 bits per heavy atom. The van der Waals surface area contributed by atoms with Gasteiger partial charge in [0, 0.05) is 41.5 Å². The van der Waals surface area contributed by atoms with E-state index in [4.69, 9.17) is 16.3 Å². The van der Waals surface area contributed by atoms with Crippen LogP contribution in [0.15, 0.2) is 60.8 Å². The van der Waals surface area contributed by atoms with Crippen molar-refractivity contribution in [1.29, 1.82) is 0 Å². The quantitative estimate of drug-likeness (QED) is 0.340. The van der Waals surface area contributed by atoms with Crippen LogP contribution in [0.2, 0.25) is 5.02 Å². The zero-order valence-electron chi connectivity index (χ0n) is 21.8. The second-order valence-electron chi connectivity index (χ2n) is 10.2. The molecule has 4 nitrogen and oxygen atoms in total. The van der Waals surface area contributed by atoms with Gasteiger partial charge in [-0.15, -0.1) is 0 Å². The predicted molar refractivity (Wildman–Crippen MR) is 152 cm³/mol. The first kappa shape index (κ1) is 25.8. The van der Waals surface area contributed by atoms with E-state index in [1.165, 1.54) is 58.3 Å². The highest BCUT2D eigenvalue weighted by Crippen LogP contribution is 2.23. The summed E-state index contributed by atoms with van der Waals surface area (Å²) in [6.45, 7) is 8.80. The molecule has 2 aromatic carbocycles. The maximum Gasteiger partial charge on any atom is 0.122 e. The zero-order chi connectivity index (χ0) is 25.5. The van der Waals surface area contributed by atoms with Crippen LogP contribution >= 0.6 is 11.6 Å².